The summed E-state index contributed by atoms with van der Waals surface area (Å²) in [6, 6.07) is 7.51. The number of amidine groups is 1. The minimum Gasteiger partial charge on any atom is -0.497 e. The molecule has 0 aliphatic carbocycles. The molecule has 2 aliphatic rings. The number of benzene rings is 1. The fourth-order valence-electron chi connectivity index (χ4n) is 1.97. The first-order valence-corrected chi connectivity index (χ1v) is 5.91. The zero-order valence-corrected chi connectivity index (χ0v) is 10.4. The first kappa shape index (κ1) is 11.5. The Labute approximate surface area is 111 Å². The third-order valence-corrected chi connectivity index (χ3v) is 2.91. The maximum absolute atomic E-state index is 12.1. The second kappa shape index (κ2) is 4.57. The highest BCUT2D eigenvalue weighted by atomic mass is 16.5. The number of fused-ring (bicyclic) bond motifs is 1. The van der Waals surface area contributed by atoms with Gasteiger partial charge in [0.25, 0.3) is 5.91 Å². The molecule has 1 aromatic carbocycles. The quantitative estimate of drug-likeness (QED) is 0.758. The van der Waals surface area contributed by atoms with E-state index in [9.17, 15) is 4.79 Å². The Kier molecular flexibility index (Phi) is 2.76. The number of ether oxygens (including phenoxy) is 1. The van der Waals surface area contributed by atoms with E-state index in [1.807, 2.05) is 42.5 Å². The van der Waals surface area contributed by atoms with Gasteiger partial charge in [-0.2, -0.15) is 0 Å². The number of amides is 1. The van der Waals surface area contributed by atoms with Crippen LogP contribution in [-0.4, -0.2) is 23.8 Å². The van der Waals surface area contributed by atoms with Crippen LogP contribution in [0.5, 0.6) is 5.75 Å². The van der Waals surface area contributed by atoms with Crippen molar-refractivity contribution in [3.8, 4) is 5.75 Å². The number of hydrogen-bond donors (Lipinski definition) is 0. The van der Waals surface area contributed by atoms with Crippen molar-refractivity contribution in [3.63, 3.8) is 0 Å². The summed E-state index contributed by atoms with van der Waals surface area (Å²) in [5.41, 5.74) is 1.32. The monoisotopic (exact) mass is 252 g/mol. The summed E-state index contributed by atoms with van der Waals surface area (Å²) in [7, 11) is 1.61. The Morgan fingerprint density at radius 2 is 2.21 bits per heavy atom. The maximum atomic E-state index is 12.1. The molecule has 0 spiro atoms. The molecule has 0 aromatic heterocycles. The fourth-order valence-corrected chi connectivity index (χ4v) is 1.97. The van der Waals surface area contributed by atoms with E-state index in [1.54, 1.807) is 19.4 Å². The Balaban J connectivity index is 1.96. The Morgan fingerprint density at radius 3 is 3.00 bits per heavy atom. The largest absolute Gasteiger partial charge is 0.497 e. The van der Waals surface area contributed by atoms with Crippen LogP contribution < -0.4 is 4.74 Å². The molecule has 0 fully saturated rings. The van der Waals surface area contributed by atoms with Crippen molar-refractivity contribution in [2.24, 2.45) is 4.99 Å². The number of nitrogens with zero attached hydrogens (tertiary/aromatic N) is 2. The van der Waals surface area contributed by atoms with Gasteiger partial charge < -0.3 is 4.74 Å². The Bertz CT molecular complexity index is 654. The zero-order valence-electron chi connectivity index (χ0n) is 10.4. The van der Waals surface area contributed by atoms with Gasteiger partial charge in [-0.25, -0.2) is 4.99 Å². The molecule has 0 saturated carbocycles. The summed E-state index contributed by atoms with van der Waals surface area (Å²) in [5, 5.41) is 0. The standard InChI is InChI=1S/C15H12N2O2/c1-19-12-6-4-5-11(9-12)10-13-15(18)17-8-3-2-7-14(17)16-13/h2-10H,1H3/b13-10-. The average Bonchev–Trinajstić information content (AvgIpc) is 2.76. The highest BCUT2D eigenvalue weighted by Crippen LogP contribution is 2.22. The van der Waals surface area contributed by atoms with Gasteiger partial charge >= 0.3 is 0 Å². The van der Waals surface area contributed by atoms with E-state index in [0.717, 1.165) is 11.3 Å². The van der Waals surface area contributed by atoms with Gasteiger partial charge in [0.2, 0.25) is 0 Å². The predicted molar refractivity (Wildman–Crippen MR) is 73.5 cm³/mol. The van der Waals surface area contributed by atoms with Gasteiger partial charge in [0.1, 0.15) is 17.3 Å². The predicted octanol–water partition coefficient (Wildman–Crippen LogP) is 2.36. The summed E-state index contributed by atoms with van der Waals surface area (Å²) in [5.74, 6) is 1.30. The van der Waals surface area contributed by atoms with Crippen molar-refractivity contribution in [2.75, 3.05) is 7.11 Å². The van der Waals surface area contributed by atoms with Crippen molar-refractivity contribution in [1.82, 2.24) is 4.90 Å². The van der Waals surface area contributed by atoms with Crippen molar-refractivity contribution in [3.05, 3.63) is 60.0 Å². The summed E-state index contributed by atoms with van der Waals surface area (Å²) < 4.78 is 5.16. The molecule has 4 heteroatoms. The molecular formula is C15H12N2O2. The molecule has 1 amide bonds. The molecule has 2 heterocycles. The molecule has 0 unspecified atom stereocenters. The number of hydrogen-bond acceptors (Lipinski definition) is 3. The number of carbonyl (C=O) groups excluding carboxylic acids is 1. The second-order valence-electron chi connectivity index (χ2n) is 4.15. The number of methoxy groups -OCH3 is 1. The molecule has 0 radical (unpaired) electrons. The molecule has 0 bridgehead atoms. The topological polar surface area (TPSA) is 41.9 Å². The first-order chi connectivity index (χ1) is 9.28. The molecule has 0 N–H and O–H groups in total. The van der Waals surface area contributed by atoms with Crippen LogP contribution in [0.25, 0.3) is 6.08 Å². The number of carbonyl (C=O) groups is 1. The number of allylic oxidation sites excluding steroid dienone is 2. The van der Waals surface area contributed by atoms with Crippen LogP contribution in [0.2, 0.25) is 0 Å². The summed E-state index contributed by atoms with van der Waals surface area (Å²) in [4.78, 5) is 18.0. The van der Waals surface area contributed by atoms with E-state index in [0.29, 0.717) is 11.5 Å². The minimum atomic E-state index is -0.113. The molecular weight excluding hydrogens is 240 g/mol. The third kappa shape index (κ3) is 2.08. The normalized spacial score (nSPS) is 18.8. The highest BCUT2D eigenvalue weighted by Gasteiger charge is 2.27. The summed E-state index contributed by atoms with van der Waals surface area (Å²) in [6.45, 7) is 0. The lowest BCUT2D eigenvalue weighted by atomic mass is 10.2. The summed E-state index contributed by atoms with van der Waals surface area (Å²) in [6.07, 6.45) is 8.96. The van der Waals surface area contributed by atoms with Crippen molar-refractivity contribution in [1.29, 1.82) is 0 Å². The Hall–Kier alpha value is -2.62. The molecule has 4 nitrogen and oxygen atoms in total. The van der Waals surface area contributed by atoms with Crippen LogP contribution in [0.3, 0.4) is 0 Å². The first-order valence-electron chi connectivity index (χ1n) is 5.91. The lowest BCUT2D eigenvalue weighted by Crippen LogP contribution is -2.26. The van der Waals surface area contributed by atoms with E-state index in [4.69, 9.17) is 4.74 Å². The van der Waals surface area contributed by atoms with Crippen LogP contribution in [0, 0.1) is 0 Å². The van der Waals surface area contributed by atoms with E-state index in [-0.39, 0.29) is 5.91 Å². The molecule has 3 rings (SSSR count). The van der Waals surface area contributed by atoms with Gasteiger partial charge in [-0.3, -0.25) is 9.69 Å². The van der Waals surface area contributed by atoms with Crippen LogP contribution >= 0.6 is 0 Å². The number of aliphatic imine (C=N–C) groups is 1. The van der Waals surface area contributed by atoms with E-state index in [2.05, 4.69) is 4.99 Å². The lowest BCUT2D eigenvalue weighted by molar-refractivity contribution is -0.120. The maximum Gasteiger partial charge on any atom is 0.282 e. The van der Waals surface area contributed by atoms with Crippen molar-refractivity contribution < 1.29 is 9.53 Å². The Morgan fingerprint density at radius 1 is 1.32 bits per heavy atom. The highest BCUT2D eigenvalue weighted by molar-refractivity contribution is 6.18. The van der Waals surface area contributed by atoms with Gasteiger partial charge in [-0.05, 0) is 35.9 Å². The van der Waals surface area contributed by atoms with Gasteiger partial charge in [-0.1, -0.05) is 18.2 Å². The summed E-state index contributed by atoms with van der Waals surface area (Å²) >= 11 is 0. The molecule has 19 heavy (non-hydrogen) atoms. The lowest BCUT2D eigenvalue weighted by Gasteiger charge is -2.11. The van der Waals surface area contributed by atoms with E-state index in [1.165, 1.54) is 4.90 Å². The average molecular weight is 252 g/mol. The van der Waals surface area contributed by atoms with E-state index >= 15 is 0 Å². The van der Waals surface area contributed by atoms with Gasteiger partial charge in [0.15, 0.2) is 0 Å². The van der Waals surface area contributed by atoms with Crippen molar-refractivity contribution >= 4 is 17.8 Å². The van der Waals surface area contributed by atoms with Crippen molar-refractivity contribution in [2.45, 2.75) is 0 Å². The van der Waals surface area contributed by atoms with Crippen LogP contribution in [0.15, 0.2) is 59.4 Å². The molecule has 1 aromatic rings. The molecule has 94 valence electrons. The van der Waals surface area contributed by atoms with Gasteiger partial charge in [0, 0.05) is 6.20 Å². The molecule has 0 saturated heterocycles. The van der Waals surface area contributed by atoms with Gasteiger partial charge in [-0.15, -0.1) is 0 Å². The smallest absolute Gasteiger partial charge is 0.282 e. The van der Waals surface area contributed by atoms with Gasteiger partial charge in [0.05, 0.1) is 7.11 Å². The zero-order chi connectivity index (χ0) is 13.2. The van der Waals surface area contributed by atoms with Crippen LogP contribution in [-0.2, 0) is 4.79 Å². The van der Waals surface area contributed by atoms with Crippen LogP contribution in [0.1, 0.15) is 5.56 Å². The molecule has 2 aliphatic heterocycles. The second-order valence-corrected chi connectivity index (χ2v) is 4.15. The third-order valence-electron chi connectivity index (χ3n) is 2.91. The molecule has 0 atom stereocenters. The van der Waals surface area contributed by atoms with Crippen LogP contribution in [0.4, 0.5) is 0 Å². The fraction of sp³-hybridized carbons (Fsp3) is 0.0667. The SMILES string of the molecule is COc1cccc(/C=C2\N=C3C=CC=CN3C2=O)c1. The number of rotatable bonds is 2. The van der Waals surface area contributed by atoms with E-state index < -0.39 is 0 Å². The minimum absolute atomic E-state index is 0.113.